The SMILES string of the molecule is CC(=O)N[C@@H](CC(=O)N[C@H](c1ccn(C)c1)C(F)(F)F)c1ccc(C)cc1. The molecule has 0 aliphatic carbocycles. The lowest BCUT2D eigenvalue weighted by Crippen LogP contribution is -2.40. The molecular formula is C19H22F3N3O2. The first-order valence-electron chi connectivity index (χ1n) is 8.38. The standard InChI is InChI=1S/C19H22F3N3O2/c1-12-4-6-14(7-5-12)16(23-13(2)26)10-17(27)24-18(19(20,21)22)15-8-9-25(3)11-15/h4-9,11,16,18H,10H2,1-3H3,(H,23,26)(H,24,27)/t16-,18+/m0/s1. The van der Waals surface area contributed by atoms with Gasteiger partial charge in [-0.1, -0.05) is 29.8 Å². The summed E-state index contributed by atoms with van der Waals surface area (Å²) >= 11 is 0. The van der Waals surface area contributed by atoms with Crippen LogP contribution in [-0.4, -0.2) is 22.6 Å². The highest BCUT2D eigenvalue weighted by Crippen LogP contribution is 2.33. The van der Waals surface area contributed by atoms with Crippen molar-refractivity contribution in [2.75, 3.05) is 0 Å². The zero-order valence-corrected chi connectivity index (χ0v) is 15.3. The van der Waals surface area contributed by atoms with Crippen molar-refractivity contribution in [3.8, 4) is 0 Å². The number of benzene rings is 1. The fourth-order valence-electron chi connectivity index (χ4n) is 2.75. The molecule has 1 aromatic heterocycles. The topological polar surface area (TPSA) is 63.1 Å². The predicted molar refractivity (Wildman–Crippen MR) is 94.7 cm³/mol. The fourth-order valence-corrected chi connectivity index (χ4v) is 2.75. The number of rotatable bonds is 6. The van der Waals surface area contributed by atoms with Gasteiger partial charge in [0.2, 0.25) is 11.8 Å². The molecule has 0 bridgehead atoms. The van der Waals surface area contributed by atoms with Crippen LogP contribution < -0.4 is 10.6 Å². The first-order chi connectivity index (χ1) is 12.6. The van der Waals surface area contributed by atoms with Crippen molar-refractivity contribution < 1.29 is 22.8 Å². The van der Waals surface area contributed by atoms with E-state index in [1.807, 2.05) is 24.4 Å². The van der Waals surface area contributed by atoms with E-state index in [9.17, 15) is 22.8 Å². The number of nitrogens with one attached hydrogen (secondary N) is 2. The normalized spacial score (nSPS) is 13.7. The van der Waals surface area contributed by atoms with Crippen LogP contribution in [0.5, 0.6) is 0 Å². The van der Waals surface area contributed by atoms with E-state index in [-0.39, 0.29) is 17.9 Å². The molecule has 1 heterocycles. The van der Waals surface area contributed by atoms with Crippen LogP contribution in [0.3, 0.4) is 0 Å². The lowest BCUT2D eigenvalue weighted by atomic mass is 10.0. The summed E-state index contributed by atoms with van der Waals surface area (Å²) in [5.41, 5.74) is 1.59. The quantitative estimate of drug-likeness (QED) is 0.806. The highest BCUT2D eigenvalue weighted by molar-refractivity contribution is 5.79. The van der Waals surface area contributed by atoms with Gasteiger partial charge in [0, 0.05) is 31.9 Å². The Morgan fingerprint density at radius 1 is 1.07 bits per heavy atom. The van der Waals surface area contributed by atoms with Gasteiger partial charge in [-0.05, 0) is 18.6 Å². The summed E-state index contributed by atoms with van der Waals surface area (Å²) in [7, 11) is 1.60. The van der Waals surface area contributed by atoms with Crippen LogP contribution in [0.1, 0.15) is 42.1 Å². The highest BCUT2D eigenvalue weighted by Gasteiger charge is 2.42. The molecule has 1 aromatic carbocycles. The van der Waals surface area contributed by atoms with Crippen LogP contribution in [0.4, 0.5) is 13.2 Å². The van der Waals surface area contributed by atoms with Crippen LogP contribution in [0.25, 0.3) is 0 Å². The van der Waals surface area contributed by atoms with Gasteiger partial charge in [-0.15, -0.1) is 0 Å². The number of hydrogen-bond acceptors (Lipinski definition) is 2. The zero-order valence-electron chi connectivity index (χ0n) is 15.3. The monoisotopic (exact) mass is 381 g/mol. The second kappa shape index (κ2) is 8.28. The van der Waals surface area contributed by atoms with Gasteiger partial charge in [0.15, 0.2) is 6.04 Å². The third-order valence-electron chi connectivity index (χ3n) is 4.07. The van der Waals surface area contributed by atoms with Crippen molar-refractivity contribution in [2.45, 2.75) is 38.5 Å². The van der Waals surface area contributed by atoms with Crippen LogP contribution in [0.15, 0.2) is 42.7 Å². The second-order valence-corrected chi connectivity index (χ2v) is 6.52. The molecule has 27 heavy (non-hydrogen) atoms. The molecule has 146 valence electrons. The smallest absolute Gasteiger partial charge is 0.357 e. The third kappa shape index (κ3) is 5.87. The first kappa shape index (κ1) is 20.5. The minimum Gasteiger partial charge on any atom is -0.357 e. The summed E-state index contributed by atoms with van der Waals surface area (Å²) in [5, 5.41) is 4.66. The Balaban J connectivity index is 2.17. The number of aromatic nitrogens is 1. The molecule has 8 heteroatoms. The average Bonchev–Trinajstić information content (AvgIpc) is 2.97. The van der Waals surface area contributed by atoms with Gasteiger partial charge >= 0.3 is 6.18 Å². The molecule has 0 spiro atoms. The minimum absolute atomic E-state index is 0.0511. The molecule has 2 atom stereocenters. The van der Waals surface area contributed by atoms with E-state index in [2.05, 4.69) is 5.32 Å². The summed E-state index contributed by atoms with van der Waals surface area (Å²) < 4.78 is 41.7. The van der Waals surface area contributed by atoms with E-state index in [1.165, 1.54) is 30.0 Å². The molecule has 2 aromatic rings. The molecule has 2 rings (SSSR count). The lowest BCUT2D eigenvalue weighted by molar-refractivity contribution is -0.163. The summed E-state index contributed by atoms with van der Waals surface area (Å²) in [6.07, 6.45) is -2.15. The number of halogens is 3. The number of alkyl halides is 3. The molecule has 5 nitrogen and oxygen atoms in total. The van der Waals surface area contributed by atoms with E-state index in [4.69, 9.17) is 0 Å². The van der Waals surface area contributed by atoms with Crippen LogP contribution in [-0.2, 0) is 16.6 Å². The van der Waals surface area contributed by atoms with E-state index in [0.717, 1.165) is 5.56 Å². The summed E-state index contributed by atoms with van der Waals surface area (Å²) in [6, 6.07) is 5.58. The predicted octanol–water partition coefficient (Wildman–Crippen LogP) is 3.32. The Morgan fingerprint density at radius 3 is 2.19 bits per heavy atom. The van der Waals surface area contributed by atoms with Crippen LogP contribution >= 0.6 is 0 Å². The van der Waals surface area contributed by atoms with Crippen LogP contribution in [0.2, 0.25) is 0 Å². The number of nitrogens with zero attached hydrogens (tertiary/aromatic N) is 1. The van der Waals surface area contributed by atoms with Crippen molar-refractivity contribution in [2.24, 2.45) is 7.05 Å². The van der Waals surface area contributed by atoms with E-state index < -0.39 is 24.2 Å². The van der Waals surface area contributed by atoms with Gasteiger partial charge in [-0.2, -0.15) is 13.2 Å². The average molecular weight is 381 g/mol. The molecule has 2 amide bonds. The Labute approximate surface area is 155 Å². The molecule has 0 radical (unpaired) electrons. The number of hydrogen-bond donors (Lipinski definition) is 2. The van der Waals surface area contributed by atoms with Crippen molar-refractivity contribution in [1.29, 1.82) is 0 Å². The van der Waals surface area contributed by atoms with Crippen molar-refractivity contribution in [1.82, 2.24) is 15.2 Å². The zero-order chi connectivity index (χ0) is 20.2. The van der Waals surface area contributed by atoms with Gasteiger partial charge in [0.05, 0.1) is 12.5 Å². The molecule has 0 saturated carbocycles. The summed E-state index contributed by atoms with van der Waals surface area (Å²) in [6.45, 7) is 3.18. The van der Waals surface area contributed by atoms with Crippen molar-refractivity contribution >= 4 is 11.8 Å². The van der Waals surface area contributed by atoms with Gasteiger partial charge in [-0.25, -0.2) is 0 Å². The fraction of sp³-hybridized carbons (Fsp3) is 0.368. The summed E-state index contributed by atoms with van der Waals surface area (Å²) in [5.74, 6) is -1.18. The highest BCUT2D eigenvalue weighted by atomic mass is 19.4. The number of amides is 2. The minimum atomic E-state index is -4.63. The Morgan fingerprint density at radius 2 is 1.70 bits per heavy atom. The number of aryl methyl sites for hydroxylation is 2. The maximum absolute atomic E-state index is 13.4. The molecule has 0 unspecified atom stereocenters. The van der Waals surface area contributed by atoms with Gasteiger partial charge in [0.1, 0.15) is 0 Å². The first-order valence-corrected chi connectivity index (χ1v) is 8.38. The molecule has 0 aliphatic heterocycles. The Kier molecular flexibility index (Phi) is 6.30. The lowest BCUT2D eigenvalue weighted by Gasteiger charge is -2.23. The second-order valence-electron chi connectivity index (χ2n) is 6.52. The number of carbonyl (C=O) groups is 2. The largest absolute Gasteiger partial charge is 0.412 e. The molecule has 0 saturated heterocycles. The third-order valence-corrected chi connectivity index (χ3v) is 4.07. The molecule has 2 N–H and O–H groups in total. The van der Waals surface area contributed by atoms with Crippen LogP contribution in [0, 0.1) is 6.92 Å². The summed E-state index contributed by atoms with van der Waals surface area (Å²) in [4.78, 5) is 23.8. The maximum atomic E-state index is 13.4. The van der Waals surface area contributed by atoms with Crippen molar-refractivity contribution in [3.05, 3.63) is 59.4 Å². The maximum Gasteiger partial charge on any atom is 0.412 e. The molecular weight excluding hydrogens is 359 g/mol. The molecule has 0 aliphatic rings. The van der Waals surface area contributed by atoms with E-state index in [1.54, 1.807) is 19.2 Å². The van der Waals surface area contributed by atoms with Crippen molar-refractivity contribution in [3.63, 3.8) is 0 Å². The van der Waals surface area contributed by atoms with E-state index in [0.29, 0.717) is 5.56 Å². The Bertz CT molecular complexity index is 797. The van der Waals surface area contributed by atoms with Gasteiger partial charge in [0.25, 0.3) is 0 Å². The Hall–Kier alpha value is -2.77. The van der Waals surface area contributed by atoms with Gasteiger partial charge in [-0.3, -0.25) is 9.59 Å². The van der Waals surface area contributed by atoms with Gasteiger partial charge < -0.3 is 15.2 Å². The molecule has 0 fully saturated rings. The number of carbonyl (C=O) groups excluding carboxylic acids is 2. The van der Waals surface area contributed by atoms with E-state index >= 15 is 0 Å².